The standard InChI is InChI=1S/C31H34N2O6/c1-21(34)39-29-26(23-13-15-24(37-4)16-14-23)19-27-25(31(36)38-20-22-9-6-5-7-10-22)11-8-12-28(27)33(30(29)35)18-17-32(2)3/h5-16,26,29H,17-20H2,1-4H3/t26-,29+/m0/s1. The third-order valence-corrected chi connectivity index (χ3v) is 6.78. The van der Waals surface area contributed by atoms with E-state index in [1.165, 1.54) is 6.92 Å². The monoisotopic (exact) mass is 530 g/mol. The van der Waals surface area contributed by atoms with Crippen LogP contribution in [0.5, 0.6) is 5.75 Å². The van der Waals surface area contributed by atoms with E-state index in [0.717, 1.165) is 11.1 Å². The molecule has 0 saturated heterocycles. The highest BCUT2D eigenvalue weighted by atomic mass is 16.5. The molecule has 8 nitrogen and oxygen atoms in total. The minimum Gasteiger partial charge on any atom is -0.497 e. The molecule has 0 bridgehead atoms. The molecule has 0 aliphatic carbocycles. The zero-order valence-corrected chi connectivity index (χ0v) is 22.8. The van der Waals surface area contributed by atoms with Crippen molar-refractivity contribution in [1.82, 2.24) is 4.90 Å². The molecule has 4 rings (SSSR count). The first-order chi connectivity index (χ1) is 18.8. The minimum absolute atomic E-state index is 0.130. The van der Waals surface area contributed by atoms with Crippen molar-refractivity contribution in [2.24, 2.45) is 0 Å². The number of esters is 2. The summed E-state index contributed by atoms with van der Waals surface area (Å²) in [7, 11) is 5.42. The van der Waals surface area contributed by atoms with E-state index in [-0.39, 0.29) is 12.5 Å². The SMILES string of the molecule is COc1ccc([C@@H]2Cc3c(C(=O)OCc4ccccc4)cccc3N(CCN(C)C)C(=O)[C@@H]2OC(C)=O)cc1. The van der Waals surface area contributed by atoms with E-state index in [2.05, 4.69) is 0 Å². The van der Waals surface area contributed by atoms with Crippen molar-refractivity contribution in [3.63, 3.8) is 0 Å². The molecular weight excluding hydrogens is 496 g/mol. The van der Waals surface area contributed by atoms with Gasteiger partial charge < -0.3 is 24.0 Å². The van der Waals surface area contributed by atoms with Gasteiger partial charge in [0.25, 0.3) is 5.91 Å². The van der Waals surface area contributed by atoms with Crippen LogP contribution in [0.3, 0.4) is 0 Å². The fourth-order valence-corrected chi connectivity index (χ4v) is 4.79. The maximum absolute atomic E-state index is 14.0. The second-order valence-corrected chi connectivity index (χ2v) is 9.77. The van der Waals surface area contributed by atoms with Crippen molar-refractivity contribution in [3.8, 4) is 5.75 Å². The molecule has 1 heterocycles. The Balaban J connectivity index is 1.79. The highest BCUT2D eigenvalue weighted by molar-refractivity contribution is 6.02. The molecule has 8 heteroatoms. The molecule has 1 aliphatic rings. The first kappa shape index (κ1) is 27.9. The highest BCUT2D eigenvalue weighted by Crippen LogP contribution is 2.38. The molecule has 0 aromatic heterocycles. The Morgan fingerprint density at radius 2 is 1.69 bits per heavy atom. The number of amides is 1. The van der Waals surface area contributed by atoms with Crippen LogP contribution in [0.25, 0.3) is 0 Å². The number of hydrogen-bond donors (Lipinski definition) is 0. The predicted molar refractivity (Wildman–Crippen MR) is 148 cm³/mol. The van der Waals surface area contributed by atoms with E-state index < -0.39 is 24.0 Å². The van der Waals surface area contributed by atoms with Gasteiger partial charge >= 0.3 is 11.9 Å². The van der Waals surface area contributed by atoms with Crippen LogP contribution in [-0.2, 0) is 32.1 Å². The average Bonchev–Trinajstić information content (AvgIpc) is 3.05. The zero-order chi connectivity index (χ0) is 27.9. The van der Waals surface area contributed by atoms with Crippen LogP contribution < -0.4 is 9.64 Å². The quantitative estimate of drug-likeness (QED) is 0.383. The first-order valence-corrected chi connectivity index (χ1v) is 12.9. The Kier molecular flexibility index (Phi) is 8.99. The summed E-state index contributed by atoms with van der Waals surface area (Å²) in [6.07, 6.45) is -0.779. The van der Waals surface area contributed by atoms with Crippen molar-refractivity contribution in [2.75, 3.05) is 39.2 Å². The summed E-state index contributed by atoms with van der Waals surface area (Å²) in [6.45, 7) is 2.36. The van der Waals surface area contributed by atoms with Crippen molar-refractivity contribution in [2.45, 2.75) is 32.0 Å². The van der Waals surface area contributed by atoms with Gasteiger partial charge in [0, 0.05) is 31.6 Å². The summed E-state index contributed by atoms with van der Waals surface area (Å²) in [5, 5.41) is 0. The van der Waals surface area contributed by atoms with Gasteiger partial charge in [-0.15, -0.1) is 0 Å². The molecule has 0 spiro atoms. The number of rotatable bonds is 9. The predicted octanol–water partition coefficient (Wildman–Crippen LogP) is 4.22. The van der Waals surface area contributed by atoms with Crippen molar-refractivity contribution < 1.29 is 28.6 Å². The summed E-state index contributed by atoms with van der Waals surface area (Å²) in [5.74, 6) is -1.22. The summed E-state index contributed by atoms with van der Waals surface area (Å²) in [5.41, 5.74) is 3.35. The molecule has 0 fully saturated rings. The lowest BCUT2D eigenvalue weighted by molar-refractivity contribution is -0.154. The summed E-state index contributed by atoms with van der Waals surface area (Å²) in [6, 6.07) is 22.1. The summed E-state index contributed by atoms with van der Waals surface area (Å²) >= 11 is 0. The molecule has 3 aromatic carbocycles. The van der Waals surface area contributed by atoms with Gasteiger partial charge in [0.15, 0.2) is 6.10 Å². The molecule has 0 N–H and O–H groups in total. The van der Waals surface area contributed by atoms with Crippen LogP contribution in [0.4, 0.5) is 5.69 Å². The van der Waals surface area contributed by atoms with Crippen LogP contribution in [0.15, 0.2) is 72.8 Å². The van der Waals surface area contributed by atoms with Crippen LogP contribution in [0.2, 0.25) is 0 Å². The maximum Gasteiger partial charge on any atom is 0.338 e. The number of fused-ring (bicyclic) bond motifs is 1. The fraction of sp³-hybridized carbons (Fsp3) is 0.323. The normalized spacial score (nSPS) is 16.8. The van der Waals surface area contributed by atoms with Gasteiger partial charge in [0.1, 0.15) is 12.4 Å². The fourth-order valence-electron chi connectivity index (χ4n) is 4.79. The van der Waals surface area contributed by atoms with Gasteiger partial charge in [0.2, 0.25) is 0 Å². The lowest BCUT2D eigenvalue weighted by Crippen LogP contribution is -2.45. The molecule has 1 aliphatic heterocycles. The molecule has 0 radical (unpaired) electrons. The number of carbonyl (C=O) groups is 3. The van der Waals surface area contributed by atoms with Crippen LogP contribution in [0.1, 0.15) is 39.9 Å². The van der Waals surface area contributed by atoms with Gasteiger partial charge in [-0.3, -0.25) is 9.59 Å². The van der Waals surface area contributed by atoms with Crippen molar-refractivity contribution in [1.29, 1.82) is 0 Å². The summed E-state index contributed by atoms with van der Waals surface area (Å²) in [4.78, 5) is 43.2. The zero-order valence-electron chi connectivity index (χ0n) is 22.8. The van der Waals surface area contributed by atoms with Crippen LogP contribution >= 0.6 is 0 Å². The van der Waals surface area contributed by atoms with E-state index in [1.54, 1.807) is 36.3 Å². The van der Waals surface area contributed by atoms with Gasteiger partial charge in [-0.1, -0.05) is 48.5 Å². The number of nitrogens with zero attached hydrogens (tertiary/aromatic N) is 2. The molecule has 0 unspecified atom stereocenters. The van der Waals surface area contributed by atoms with E-state index in [1.807, 2.05) is 67.5 Å². The molecule has 39 heavy (non-hydrogen) atoms. The number of anilines is 1. The second kappa shape index (κ2) is 12.6. The van der Waals surface area contributed by atoms with Gasteiger partial charge in [-0.05, 0) is 61.5 Å². The molecule has 1 amide bonds. The smallest absolute Gasteiger partial charge is 0.338 e. The molecular formula is C31H34N2O6. The van der Waals surface area contributed by atoms with E-state index in [4.69, 9.17) is 14.2 Å². The highest BCUT2D eigenvalue weighted by Gasteiger charge is 2.41. The number of methoxy groups -OCH3 is 1. The molecule has 204 valence electrons. The van der Waals surface area contributed by atoms with Crippen LogP contribution in [-0.4, -0.2) is 63.1 Å². The number of hydrogen-bond acceptors (Lipinski definition) is 7. The van der Waals surface area contributed by atoms with Crippen molar-refractivity contribution in [3.05, 3.63) is 95.1 Å². The molecule has 3 aromatic rings. The van der Waals surface area contributed by atoms with E-state index >= 15 is 0 Å². The third-order valence-electron chi connectivity index (χ3n) is 6.78. The van der Waals surface area contributed by atoms with E-state index in [9.17, 15) is 14.4 Å². The van der Waals surface area contributed by atoms with E-state index in [0.29, 0.717) is 42.1 Å². The molecule has 0 saturated carbocycles. The second-order valence-electron chi connectivity index (χ2n) is 9.77. The molecule has 2 atom stereocenters. The summed E-state index contributed by atoms with van der Waals surface area (Å²) < 4.78 is 16.7. The number of likely N-dealkylation sites (N-methyl/N-ethyl adjacent to an activating group) is 1. The van der Waals surface area contributed by atoms with Crippen LogP contribution in [0, 0.1) is 0 Å². The Hall–Kier alpha value is -4.17. The van der Waals surface area contributed by atoms with Gasteiger partial charge in [-0.2, -0.15) is 0 Å². The van der Waals surface area contributed by atoms with Crippen molar-refractivity contribution >= 4 is 23.5 Å². The third kappa shape index (κ3) is 6.64. The number of carbonyl (C=O) groups excluding carboxylic acids is 3. The lowest BCUT2D eigenvalue weighted by Gasteiger charge is -2.29. The topological polar surface area (TPSA) is 85.4 Å². The van der Waals surface area contributed by atoms with Gasteiger partial charge in [0.05, 0.1) is 12.7 Å². The maximum atomic E-state index is 14.0. The lowest BCUT2D eigenvalue weighted by atomic mass is 9.86. The average molecular weight is 531 g/mol. The number of ether oxygens (including phenoxy) is 3. The first-order valence-electron chi connectivity index (χ1n) is 12.9. The number of benzene rings is 3. The Morgan fingerprint density at radius 3 is 2.33 bits per heavy atom. The minimum atomic E-state index is -1.07. The Bertz CT molecular complexity index is 1310. The Morgan fingerprint density at radius 1 is 0.974 bits per heavy atom. The van der Waals surface area contributed by atoms with Gasteiger partial charge in [-0.25, -0.2) is 4.79 Å². The Labute approximate surface area is 229 Å². The largest absolute Gasteiger partial charge is 0.497 e.